The molecule has 4 aromatic rings. The van der Waals surface area contributed by atoms with Crippen molar-refractivity contribution in [1.82, 2.24) is 0 Å². The number of hydrogen-bond donors (Lipinski definition) is 1. The summed E-state index contributed by atoms with van der Waals surface area (Å²) in [6, 6.07) is 19.4. The Kier molecular flexibility index (Phi) is 3.96. The number of aromatic hydroxyl groups is 1. The first-order valence-electron chi connectivity index (χ1n) is 8.46. The molecule has 0 saturated carbocycles. The number of rotatable bonds is 0. The molecule has 5 rings (SSSR count). The molecule has 0 bridgehead atoms. The number of hydrogen-bond acceptors (Lipinski definition) is 2. The predicted molar refractivity (Wildman–Crippen MR) is 98.5 cm³/mol. The molecule has 1 aromatic heterocycles. The first-order valence-corrected chi connectivity index (χ1v) is 8.46. The second-order valence-electron chi connectivity index (χ2n) is 6.27. The smallest absolute Gasteiger partial charge is 0.153 e. The van der Waals surface area contributed by atoms with Crippen molar-refractivity contribution in [2.45, 2.75) is 25.7 Å². The highest BCUT2D eigenvalue weighted by atomic mass is 16.3. The zero-order valence-corrected chi connectivity index (χ0v) is 13.5. The van der Waals surface area contributed by atoms with Crippen LogP contribution in [-0.2, 0) is 12.8 Å². The quantitative estimate of drug-likeness (QED) is 0.412. The van der Waals surface area contributed by atoms with E-state index in [0.29, 0.717) is 0 Å². The second kappa shape index (κ2) is 6.40. The summed E-state index contributed by atoms with van der Waals surface area (Å²) < 4.78 is 4.46. The van der Waals surface area contributed by atoms with Crippen LogP contribution in [0.4, 0.5) is 0 Å². The Morgan fingerprint density at radius 2 is 1.58 bits per heavy atom. The molecule has 0 amide bonds. The van der Waals surface area contributed by atoms with E-state index in [-0.39, 0.29) is 5.75 Å². The van der Waals surface area contributed by atoms with Gasteiger partial charge in [-0.05, 0) is 58.4 Å². The van der Waals surface area contributed by atoms with Crippen molar-refractivity contribution in [2.75, 3.05) is 0 Å². The summed E-state index contributed by atoms with van der Waals surface area (Å²) in [6.45, 7) is 0. The average Bonchev–Trinajstić information content (AvgIpc) is 3.12. The SMILES string of the molecule is Oc1ccoc1.c1ccc2c(c1)ccc1c3c(ccc12)CCCC3. The lowest BCUT2D eigenvalue weighted by atomic mass is 9.86. The van der Waals surface area contributed by atoms with Crippen molar-refractivity contribution >= 4 is 21.5 Å². The molecule has 1 aliphatic carbocycles. The lowest BCUT2D eigenvalue weighted by molar-refractivity contribution is 0.458. The molecule has 0 atom stereocenters. The first kappa shape index (κ1) is 14.8. The van der Waals surface area contributed by atoms with E-state index in [4.69, 9.17) is 5.11 Å². The third kappa shape index (κ3) is 2.76. The topological polar surface area (TPSA) is 33.4 Å². The monoisotopic (exact) mass is 316 g/mol. The van der Waals surface area contributed by atoms with Crippen LogP contribution < -0.4 is 0 Å². The summed E-state index contributed by atoms with van der Waals surface area (Å²) in [7, 11) is 0. The Balaban J connectivity index is 0.000000207. The van der Waals surface area contributed by atoms with Crippen LogP contribution in [0.1, 0.15) is 24.0 Å². The van der Waals surface area contributed by atoms with E-state index >= 15 is 0 Å². The summed E-state index contributed by atoms with van der Waals surface area (Å²) in [6.07, 6.45) is 7.89. The lowest BCUT2D eigenvalue weighted by Gasteiger charge is -2.18. The fourth-order valence-corrected chi connectivity index (χ4v) is 3.60. The predicted octanol–water partition coefficient (Wildman–Crippen LogP) is 5.86. The van der Waals surface area contributed by atoms with Crippen LogP contribution in [-0.4, -0.2) is 5.11 Å². The highest BCUT2D eigenvalue weighted by Gasteiger charge is 2.13. The molecular weight excluding hydrogens is 296 g/mol. The lowest BCUT2D eigenvalue weighted by Crippen LogP contribution is -2.02. The molecular formula is C22H20O2. The molecule has 1 heterocycles. The van der Waals surface area contributed by atoms with Gasteiger partial charge in [-0.3, -0.25) is 0 Å². The zero-order valence-electron chi connectivity index (χ0n) is 13.5. The number of furan rings is 1. The maximum atomic E-state index is 8.38. The minimum absolute atomic E-state index is 0.176. The van der Waals surface area contributed by atoms with Gasteiger partial charge in [0.05, 0.1) is 6.26 Å². The van der Waals surface area contributed by atoms with Gasteiger partial charge in [0.2, 0.25) is 0 Å². The summed E-state index contributed by atoms with van der Waals surface area (Å²) in [5.41, 5.74) is 3.17. The van der Waals surface area contributed by atoms with Crippen molar-refractivity contribution in [3.05, 3.63) is 78.3 Å². The van der Waals surface area contributed by atoms with Crippen LogP contribution in [0.2, 0.25) is 0 Å². The van der Waals surface area contributed by atoms with E-state index in [1.807, 2.05) is 0 Å². The van der Waals surface area contributed by atoms with Crippen molar-refractivity contribution < 1.29 is 9.52 Å². The highest BCUT2D eigenvalue weighted by molar-refractivity contribution is 6.08. The maximum absolute atomic E-state index is 8.38. The molecule has 0 fully saturated rings. The van der Waals surface area contributed by atoms with Gasteiger partial charge >= 0.3 is 0 Å². The van der Waals surface area contributed by atoms with Gasteiger partial charge in [-0.15, -0.1) is 0 Å². The maximum Gasteiger partial charge on any atom is 0.153 e. The van der Waals surface area contributed by atoms with Gasteiger partial charge in [0, 0.05) is 6.07 Å². The normalized spacial score (nSPS) is 13.3. The van der Waals surface area contributed by atoms with Crippen LogP contribution in [0.25, 0.3) is 21.5 Å². The van der Waals surface area contributed by atoms with Crippen molar-refractivity contribution in [1.29, 1.82) is 0 Å². The molecule has 2 nitrogen and oxygen atoms in total. The molecule has 2 heteroatoms. The molecule has 120 valence electrons. The van der Waals surface area contributed by atoms with Crippen LogP contribution >= 0.6 is 0 Å². The van der Waals surface area contributed by atoms with Gasteiger partial charge in [0.25, 0.3) is 0 Å². The van der Waals surface area contributed by atoms with Crippen LogP contribution in [0.5, 0.6) is 5.75 Å². The number of fused-ring (bicyclic) bond motifs is 5. The Hall–Kier alpha value is -2.74. The third-order valence-electron chi connectivity index (χ3n) is 4.76. The van der Waals surface area contributed by atoms with Crippen LogP contribution in [0, 0.1) is 0 Å². The number of aryl methyl sites for hydroxylation is 2. The van der Waals surface area contributed by atoms with E-state index in [9.17, 15) is 0 Å². The number of benzene rings is 3. The first-order chi connectivity index (χ1) is 11.8. The fourth-order valence-electron chi connectivity index (χ4n) is 3.60. The van der Waals surface area contributed by atoms with E-state index in [2.05, 4.69) is 52.9 Å². The minimum atomic E-state index is 0.176. The molecule has 0 spiro atoms. The van der Waals surface area contributed by atoms with Crippen LogP contribution in [0.15, 0.2) is 71.5 Å². The molecule has 0 radical (unpaired) electrons. The van der Waals surface area contributed by atoms with Crippen molar-refractivity contribution in [3.63, 3.8) is 0 Å². The average molecular weight is 316 g/mol. The summed E-state index contributed by atoms with van der Waals surface area (Å²) in [5.74, 6) is 0.176. The van der Waals surface area contributed by atoms with Crippen LogP contribution in [0.3, 0.4) is 0 Å². The van der Waals surface area contributed by atoms with Gasteiger partial charge in [0.1, 0.15) is 6.26 Å². The molecule has 1 N–H and O–H groups in total. The zero-order chi connectivity index (χ0) is 16.4. The Morgan fingerprint density at radius 1 is 0.750 bits per heavy atom. The standard InChI is InChI=1S/C18H16.C4H4O2/c1-3-7-15-13(5-1)9-11-18-16-8-4-2-6-14(16)10-12-17(15)18;5-4-1-2-6-3-4/h1,3,5,7,9-12H,2,4,6,8H2;1-3,5H. The fraction of sp³-hybridized carbons (Fsp3) is 0.182. The van der Waals surface area contributed by atoms with E-state index in [1.165, 1.54) is 65.8 Å². The molecule has 0 aliphatic heterocycles. The van der Waals surface area contributed by atoms with Gasteiger partial charge in [-0.25, -0.2) is 0 Å². The Morgan fingerprint density at radius 3 is 2.38 bits per heavy atom. The van der Waals surface area contributed by atoms with Crippen molar-refractivity contribution in [2.24, 2.45) is 0 Å². The van der Waals surface area contributed by atoms with Gasteiger partial charge in [-0.2, -0.15) is 0 Å². The second-order valence-corrected chi connectivity index (χ2v) is 6.27. The molecule has 24 heavy (non-hydrogen) atoms. The van der Waals surface area contributed by atoms with Crippen molar-refractivity contribution in [3.8, 4) is 5.75 Å². The Labute approximate surface area is 141 Å². The summed E-state index contributed by atoms with van der Waals surface area (Å²) in [4.78, 5) is 0. The van der Waals surface area contributed by atoms with Gasteiger partial charge < -0.3 is 9.52 Å². The minimum Gasteiger partial charge on any atom is -0.505 e. The summed E-state index contributed by atoms with van der Waals surface area (Å²) >= 11 is 0. The largest absolute Gasteiger partial charge is 0.505 e. The van der Waals surface area contributed by atoms with Gasteiger partial charge in [-0.1, -0.05) is 48.5 Å². The highest BCUT2D eigenvalue weighted by Crippen LogP contribution is 2.33. The Bertz CT molecular complexity index is 968. The third-order valence-corrected chi connectivity index (χ3v) is 4.76. The molecule has 0 saturated heterocycles. The van der Waals surface area contributed by atoms with E-state index in [1.54, 1.807) is 11.1 Å². The molecule has 3 aromatic carbocycles. The molecule has 1 aliphatic rings. The van der Waals surface area contributed by atoms with E-state index in [0.717, 1.165) is 0 Å². The molecule has 0 unspecified atom stereocenters. The van der Waals surface area contributed by atoms with Gasteiger partial charge in [0.15, 0.2) is 5.75 Å². The summed E-state index contributed by atoms with van der Waals surface area (Å²) in [5, 5.41) is 14.0. The van der Waals surface area contributed by atoms with E-state index < -0.39 is 0 Å².